The van der Waals surface area contributed by atoms with Gasteiger partial charge in [0.05, 0.1) is 0 Å². The fraction of sp³-hybridized carbons (Fsp3) is 0.300. The van der Waals surface area contributed by atoms with Crippen molar-refractivity contribution in [1.82, 2.24) is 0 Å². The molecule has 0 aliphatic heterocycles. The van der Waals surface area contributed by atoms with Crippen LogP contribution in [0.2, 0.25) is 0 Å². The highest BCUT2D eigenvalue weighted by atomic mass is 19.4. The molecule has 4 nitrogen and oxygen atoms in total. The third-order valence-corrected chi connectivity index (χ3v) is 2.11. The van der Waals surface area contributed by atoms with Crippen molar-refractivity contribution < 1.29 is 36.3 Å². The first kappa shape index (κ1) is 15.9. The molecule has 10 heteroatoms. The standard InChI is InChI=1S/C10H8F6N2O2/c11-9(12,13)8(10(14,15)16)20-6-3-1-5(2-4-6)7(17)18-19/h1-4,8,19H,(H2,17,18). The molecular weight excluding hydrogens is 294 g/mol. The maximum absolute atomic E-state index is 12.2. The third kappa shape index (κ3) is 3.93. The van der Waals surface area contributed by atoms with Crippen LogP contribution in [-0.2, 0) is 0 Å². The lowest BCUT2D eigenvalue weighted by Gasteiger charge is -2.23. The molecule has 20 heavy (non-hydrogen) atoms. The van der Waals surface area contributed by atoms with Gasteiger partial charge >= 0.3 is 12.4 Å². The molecule has 0 amide bonds. The lowest BCUT2D eigenvalue weighted by atomic mass is 10.2. The molecule has 0 unspecified atom stereocenters. The number of alkyl halides is 6. The summed E-state index contributed by atoms with van der Waals surface area (Å²) >= 11 is 0. The van der Waals surface area contributed by atoms with Crippen LogP contribution < -0.4 is 10.5 Å². The Kier molecular flexibility index (Phi) is 4.36. The molecule has 0 bridgehead atoms. The molecule has 0 aliphatic rings. The predicted octanol–water partition coefficient (Wildman–Crippen LogP) is 2.65. The second kappa shape index (κ2) is 5.47. The SMILES string of the molecule is N/C(=N/O)c1ccc(OC(C(F)(F)F)C(F)(F)F)cc1. The first-order chi connectivity index (χ1) is 9.05. The second-order valence-electron chi connectivity index (χ2n) is 3.59. The van der Waals surface area contributed by atoms with Gasteiger partial charge in [-0.25, -0.2) is 0 Å². The normalized spacial score (nSPS) is 13.7. The summed E-state index contributed by atoms with van der Waals surface area (Å²) in [7, 11) is 0. The predicted molar refractivity (Wildman–Crippen MR) is 55.5 cm³/mol. The summed E-state index contributed by atoms with van der Waals surface area (Å²) < 4.78 is 77.4. The van der Waals surface area contributed by atoms with E-state index in [1.54, 1.807) is 0 Å². The monoisotopic (exact) mass is 302 g/mol. The molecule has 3 N–H and O–H groups in total. The van der Waals surface area contributed by atoms with Gasteiger partial charge in [-0.05, 0) is 24.3 Å². The number of oxime groups is 1. The lowest BCUT2D eigenvalue weighted by Crippen LogP contribution is -2.46. The van der Waals surface area contributed by atoms with Gasteiger partial charge in [0.1, 0.15) is 5.75 Å². The number of nitrogens with two attached hydrogens (primary N) is 1. The highest BCUT2D eigenvalue weighted by Crippen LogP contribution is 2.36. The van der Waals surface area contributed by atoms with Crippen molar-refractivity contribution in [1.29, 1.82) is 0 Å². The molecule has 0 fully saturated rings. The molecule has 0 aromatic heterocycles. The minimum absolute atomic E-state index is 0.107. The Labute approximate surface area is 108 Å². The minimum atomic E-state index is -5.59. The molecule has 0 spiro atoms. The summed E-state index contributed by atoms with van der Waals surface area (Å²) in [5, 5.41) is 11.0. The number of hydrogen-bond acceptors (Lipinski definition) is 3. The van der Waals surface area contributed by atoms with Crippen molar-refractivity contribution in [3.63, 3.8) is 0 Å². The Bertz CT molecular complexity index is 466. The van der Waals surface area contributed by atoms with Crippen molar-refractivity contribution in [2.75, 3.05) is 0 Å². The molecular formula is C10H8F6N2O2. The Balaban J connectivity index is 2.96. The highest BCUT2D eigenvalue weighted by molar-refractivity contribution is 5.97. The average molecular weight is 302 g/mol. The number of rotatable bonds is 3. The maximum Gasteiger partial charge on any atom is 0.434 e. The van der Waals surface area contributed by atoms with Crippen LogP contribution in [0.3, 0.4) is 0 Å². The number of amidine groups is 1. The van der Waals surface area contributed by atoms with Gasteiger partial charge in [0.15, 0.2) is 5.84 Å². The molecule has 1 aromatic rings. The van der Waals surface area contributed by atoms with Gasteiger partial charge in [0.2, 0.25) is 0 Å². The van der Waals surface area contributed by atoms with E-state index in [1.807, 2.05) is 0 Å². The van der Waals surface area contributed by atoms with E-state index < -0.39 is 24.2 Å². The van der Waals surface area contributed by atoms with E-state index in [4.69, 9.17) is 10.9 Å². The van der Waals surface area contributed by atoms with Crippen LogP contribution in [0, 0.1) is 0 Å². The first-order valence-corrected chi connectivity index (χ1v) is 4.93. The molecule has 0 saturated heterocycles. The number of ether oxygens (including phenoxy) is 1. The molecule has 112 valence electrons. The summed E-state index contributed by atoms with van der Waals surface area (Å²) in [5.74, 6) is -1.00. The zero-order valence-electron chi connectivity index (χ0n) is 9.53. The number of nitrogens with zero attached hydrogens (tertiary/aromatic N) is 1. The number of benzene rings is 1. The van der Waals surface area contributed by atoms with E-state index in [0.29, 0.717) is 0 Å². The highest BCUT2D eigenvalue weighted by Gasteiger charge is 2.59. The summed E-state index contributed by atoms with van der Waals surface area (Å²) in [5.41, 5.74) is 5.29. The van der Waals surface area contributed by atoms with E-state index >= 15 is 0 Å². The molecule has 0 radical (unpaired) electrons. The zero-order chi connectivity index (χ0) is 15.6. The van der Waals surface area contributed by atoms with Gasteiger partial charge in [-0.3, -0.25) is 0 Å². The number of halogens is 6. The Hall–Kier alpha value is -2.13. The third-order valence-electron chi connectivity index (χ3n) is 2.11. The van der Waals surface area contributed by atoms with Gasteiger partial charge in [-0.1, -0.05) is 5.16 Å². The van der Waals surface area contributed by atoms with Crippen molar-refractivity contribution in [3.05, 3.63) is 29.8 Å². The Morgan fingerprint density at radius 2 is 1.50 bits per heavy atom. The average Bonchev–Trinajstić information content (AvgIpc) is 2.33. The first-order valence-electron chi connectivity index (χ1n) is 4.93. The number of hydrogen-bond donors (Lipinski definition) is 2. The van der Waals surface area contributed by atoms with Gasteiger partial charge < -0.3 is 15.7 Å². The van der Waals surface area contributed by atoms with Gasteiger partial charge in [-0.2, -0.15) is 26.3 Å². The van der Waals surface area contributed by atoms with E-state index in [-0.39, 0.29) is 11.4 Å². The van der Waals surface area contributed by atoms with Crippen LogP contribution >= 0.6 is 0 Å². The minimum Gasteiger partial charge on any atom is -0.471 e. The van der Waals surface area contributed by atoms with Gasteiger partial charge in [0.25, 0.3) is 6.10 Å². The molecule has 0 saturated carbocycles. The Morgan fingerprint density at radius 1 is 1.05 bits per heavy atom. The van der Waals surface area contributed by atoms with Crippen molar-refractivity contribution in [3.8, 4) is 5.75 Å². The van der Waals surface area contributed by atoms with Crippen LogP contribution in [0.15, 0.2) is 29.4 Å². The van der Waals surface area contributed by atoms with Crippen LogP contribution in [0.4, 0.5) is 26.3 Å². The van der Waals surface area contributed by atoms with E-state index in [2.05, 4.69) is 9.89 Å². The van der Waals surface area contributed by atoms with E-state index in [1.165, 1.54) is 0 Å². The maximum atomic E-state index is 12.2. The van der Waals surface area contributed by atoms with Crippen LogP contribution in [0.5, 0.6) is 5.75 Å². The van der Waals surface area contributed by atoms with Crippen molar-refractivity contribution >= 4 is 5.84 Å². The van der Waals surface area contributed by atoms with Crippen molar-refractivity contribution in [2.45, 2.75) is 18.5 Å². The van der Waals surface area contributed by atoms with Gasteiger partial charge in [0, 0.05) is 5.56 Å². The van der Waals surface area contributed by atoms with Crippen molar-refractivity contribution in [2.24, 2.45) is 10.9 Å². The topological polar surface area (TPSA) is 67.8 Å². The lowest BCUT2D eigenvalue weighted by molar-refractivity contribution is -0.299. The van der Waals surface area contributed by atoms with E-state index in [0.717, 1.165) is 24.3 Å². The summed E-state index contributed by atoms with van der Waals surface area (Å²) in [4.78, 5) is 0. The van der Waals surface area contributed by atoms with Crippen LogP contribution in [0.1, 0.15) is 5.56 Å². The molecule has 0 aliphatic carbocycles. The second-order valence-corrected chi connectivity index (χ2v) is 3.59. The molecule has 0 atom stereocenters. The Morgan fingerprint density at radius 3 is 1.85 bits per heavy atom. The van der Waals surface area contributed by atoms with Crippen LogP contribution in [0.25, 0.3) is 0 Å². The fourth-order valence-corrected chi connectivity index (χ4v) is 1.22. The summed E-state index contributed by atoms with van der Waals surface area (Å²) in [6.45, 7) is 0. The van der Waals surface area contributed by atoms with Crippen LogP contribution in [-0.4, -0.2) is 29.5 Å². The molecule has 0 heterocycles. The van der Waals surface area contributed by atoms with E-state index in [9.17, 15) is 26.3 Å². The zero-order valence-corrected chi connectivity index (χ0v) is 9.53. The largest absolute Gasteiger partial charge is 0.471 e. The summed E-state index contributed by atoms with van der Waals surface area (Å²) in [6.07, 6.45) is -15.1. The fourth-order valence-electron chi connectivity index (χ4n) is 1.22. The summed E-state index contributed by atoms with van der Waals surface area (Å²) in [6, 6.07) is 3.79. The molecule has 1 aromatic carbocycles. The quantitative estimate of drug-likeness (QED) is 0.296. The molecule has 1 rings (SSSR count). The van der Waals surface area contributed by atoms with Gasteiger partial charge in [-0.15, -0.1) is 0 Å². The smallest absolute Gasteiger partial charge is 0.434 e.